The summed E-state index contributed by atoms with van der Waals surface area (Å²) in [7, 11) is 1.65. The maximum absolute atomic E-state index is 6.22. The van der Waals surface area contributed by atoms with Crippen molar-refractivity contribution in [2.45, 2.75) is 16.5 Å². The molecule has 0 atom stereocenters. The average Bonchev–Trinajstić information content (AvgIpc) is 2.64. The first kappa shape index (κ1) is 17.4. The van der Waals surface area contributed by atoms with Crippen LogP contribution in [0.3, 0.4) is 0 Å². The van der Waals surface area contributed by atoms with E-state index in [-0.39, 0.29) is 0 Å². The summed E-state index contributed by atoms with van der Waals surface area (Å²) < 4.78 is 5.16. The van der Waals surface area contributed by atoms with Gasteiger partial charge in [0.15, 0.2) is 5.82 Å². The van der Waals surface area contributed by atoms with Gasteiger partial charge in [0, 0.05) is 16.5 Å². The molecule has 0 spiro atoms. The van der Waals surface area contributed by atoms with E-state index in [1.165, 1.54) is 18.1 Å². The number of halogens is 1. The molecule has 0 saturated heterocycles. The van der Waals surface area contributed by atoms with Crippen molar-refractivity contribution in [2.24, 2.45) is 0 Å². The molecule has 0 radical (unpaired) electrons. The second-order valence-corrected chi connectivity index (χ2v) is 6.70. The Morgan fingerprint density at radius 2 is 1.80 bits per heavy atom. The van der Waals surface area contributed by atoms with E-state index >= 15 is 0 Å². The first-order valence-corrected chi connectivity index (χ1v) is 8.76. The van der Waals surface area contributed by atoms with Gasteiger partial charge in [0.05, 0.1) is 7.11 Å². The molecule has 0 aliphatic carbocycles. The number of benzene rings is 2. The fourth-order valence-corrected chi connectivity index (χ4v) is 3.07. The zero-order chi connectivity index (χ0) is 17.6. The zero-order valence-electron chi connectivity index (χ0n) is 13.6. The first-order valence-electron chi connectivity index (χ1n) is 7.56. The molecule has 0 aliphatic heterocycles. The van der Waals surface area contributed by atoms with Gasteiger partial charge < -0.3 is 15.8 Å². The standard InChI is InChI=1S/C18H17ClN4OS/c1-24-14-6-2-12(3-7-14)10-21-17-16(20)18(23-11-22-17)25-15-8-4-13(19)5-9-15/h2-9,11H,10,20H2,1H3,(H,21,22,23). The SMILES string of the molecule is COc1ccc(CNc2ncnc(Sc3ccc(Cl)cc3)c2N)cc1. The number of hydrogen-bond acceptors (Lipinski definition) is 6. The largest absolute Gasteiger partial charge is 0.497 e. The van der Waals surface area contributed by atoms with E-state index in [2.05, 4.69) is 15.3 Å². The highest BCUT2D eigenvalue weighted by molar-refractivity contribution is 7.99. The predicted molar refractivity (Wildman–Crippen MR) is 102 cm³/mol. The molecule has 3 rings (SSSR count). The second-order valence-electron chi connectivity index (χ2n) is 5.20. The minimum absolute atomic E-state index is 0.524. The van der Waals surface area contributed by atoms with E-state index in [1.54, 1.807) is 7.11 Å². The maximum atomic E-state index is 6.22. The summed E-state index contributed by atoms with van der Waals surface area (Å²) >= 11 is 7.38. The van der Waals surface area contributed by atoms with E-state index in [1.807, 2.05) is 48.5 Å². The van der Waals surface area contributed by atoms with Crippen LogP contribution in [0.1, 0.15) is 5.56 Å². The number of hydrogen-bond donors (Lipinski definition) is 2. The summed E-state index contributed by atoms with van der Waals surface area (Å²) in [6.07, 6.45) is 1.50. The van der Waals surface area contributed by atoms with Crippen LogP contribution in [0.5, 0.6) is 5.75 Å². The highest BCUT2D eigenvalue weighted by Crippen LogP contribution is 2.33. The van der Waals surface area contributed by atoms with Crippen LogP contribution in [0.2, 0.25) is 5.02 Å². The van der Waals surface area contributed by atoms with Gasteiger partial charge in [0.25, 0.3) is 0 Å². The molecule has 3 N–H and O–H groups in total. The fraction of sp³-hybridized carbons (Fsp3) is 0.111. The van der Waals surface area contributed by atoms with Crippen molar-refractivity contribution in [2.75, 3.05) is 18.2 Å². The molecular formula is C18H17ClN4OS. The molecule has 0 unspecified atom stereocenters. The monoisotopic (exact) mass is 372 g/mol. The average molecular weight is 373 g/mol. The van der Waals surface area contributed by atoms with E-state index in [0.717, 1.165) is 16.2 Å². The van der Waals surface area contributed by atoms with Crippen LogP contribution in [-0.4, -0.2) is 17.1 Å². The Morgan fingerprint density at radius 3 is 2.48 bits per heavy atom. The van der Waals surface area contributed by atoms with Crippen LogP contribution < -0.4 is 15.8 Å². The zero-order valence-corrected chi connectivity index (χ0v) is 15.1. The van der Waals surface area contributed by atoms with E-state index in [0.29, 0.717) is 28.1 Å². The molecular weight excluding hydrogens is 356 g/mol. The van der Waals surface area contributed by atoms with Crippen LogP contribution in [0.4, 0.5) is 11.5 Å². The van der Waals surface area contributed by atoms with Crippen molar-refractivity contribution >= 4 is 34.9 Å². The maximum Gasteiger partial charge on any atom is 0.154 e. The van der Waals surface area contributed by atoms with Crippen LogP contribution in [0, 0.1) is 0 Å². The summed E-state index contributed by atoms with van der Waals surface area (Å²) in [6.45, 7) is 0.607. The van der Waals surface area contributed by atoms with Crippen LogP contribution >= 0.6 is 23.4 Å². The third kappa shape index (κ3) is 4.55. The molecule has 25 heavy (non-hydrogen) atoms. The topological polar surface area (TPSA) is 73.1 Å². The van der Waals surface area contributed by atoms with Gasteiger partial charge in [-0.1, -0.05) is 35.5 Å². The van der Waals surface area contributed by atoms with Crippen molar-refractivity contribution in [1.29, 1.82) is 0 Å². The Kier molecular flexibility index (Phi) is 5.63. The van der Waals surface area contributed by atoms with Gasteiger partial charge in [-0.3, -0.25) is 0 Å². The summed E-state index contributed by atoms with van der Waals surface area (Å²) in [5.41, 5.74) is 7.84. The van der Waals surface area contributed by atoms with Crippen molar-refractivity contribution in [3.05, 3.63) is 65.4 Å². The highest BCUT2D eigenvalue weighted by Gasteiger charge is 2.09. The van der Waals surface area contributed by atoms with Crippen molar-refractivity contribution < 1.29 is 4.74 Å². The van der Waals surface area contributed by atoms with Gasteiger partial charge in [0.2, 0.25) is 0 Å². The molecule has 2 aromatic carbocycles. The van der Waals surface area contributed by atoms with Gasteiger partial charge in [-0.2, -0.15) is 0 Å². The number of aromatic nitrogens is 2. The Bertz CT molecular complexity index is 841. The highest BCUT2D eigenvalue weighted by atomic mass is 35.5. The van der Waals surface area contributed by atoms with Gasteiger partial charge in [0.1, 0.15) is 22.8 Å². The third-order valence-electron chi connectivity index (χ3n) is 3.49. The van der Waals surface area contributed by atoms with E-state index in [9.17, 15) is 0 Å². The lowest BCUT2D eigenvalue weighted by Gasteiger charge is -2.11. The lowest BCUT2D eigenvalue weighted by Crippen LogP contribution is -2.06. The Labute approximate surface area is 155 Å². The Morgan fingerprint density at radius 1 is 1.08 bits per heavy atom. The van der Waals surface area contributed by atoms with Crippen molar-refractivity contribution in [3.63, 3.8) is 0 Å². The smallest absolute Gasteiger partial charge is 0.154 e. The number of anilines is 2. The third-order valence-corrected chi connectivity index (χ3v) is 4.77. The summed E-state index contributed by atoms with van der Waals surface area (Å²) in [4.78, 5) is 9.52. The molecule has 5 nitrogen and oxygen atoms in total. The molecule has 0 aliphatic rings. The van der Waals surface area contributed by atoms with Crippen LogP contribution in [-0.2, 0) is 6.54 Å². The number of methoxy groups -OCH3 is 1. The molecule has 0 saturated carbocycles. The molecule has 3 aromatic rings. The fourth-order valence-electron chi connectivity index (χ4n) is 2.15. The number of nitrogens with two attached hydrogens (primary N) is 1. The molecule has 0 fully saturated rings. The molecule has 1 heterocycles. The number of nitrogens with zero attached hydrogens (tertiary/aromatic N) is 2. The normalized spacial score (nSPS) is 10.5. The van der Waals surface area contributed by atoms with Crippen molar-refractivity contribution in [1.82, 2.24) is 9.97 Å². The number of ether oxygens (including phenoxy) is 1. The minimum Gasteiger partial charge on any atom is -0.497 e. The van der Waals surface area contributed by atoms with Gasteiger partial charge in [-0.05, 0) is 42.0 Å². The molecule has 128 valence electrons. The molecule has 0 bridgehead atoms. The summed E-state index contributed by atoms with van der Waals surface area (Å²) in [6, 6.07) is 15.4. The summed E-state index contributed by atoms with van der Waals surface area (Å²) in [5, 5.41) is 4.65. The first-order chi connectivity index (χ1) is 12.2. The van der Waals surface area contributed by atoms with Crippen molar-refractivity contribution in [3.8, 4) is 5.75 Å². The van der Waals surface area contributed by atoms with Crippen LogP contribution in [0.25, 0.3) is 0 Å². The Balaban J connectivity index is 1.70. The Hall–Kier alpha value is -2.44. The van der Waals surface area contributed by atoms with Gasteiger partial charge in [-0.25, -0.2) is 9.97 Å². The molecule has 7 heteroatoms. The summed E-state index contributed by atoms with van der Waals surface area (Å²) in [5.74, 6) is 1.44. The number of rotatable bonds is 6. The lowest BCUT2D eigenvalue weighted by molar-refractivity contribution is 0.414. The van der Waals surface area contributed by atoms with E-state index in [4.69, 9.17) is 22.1 Å². The quantitative estimate of drug-likeness (QED) is 0.621. The predicted octanol–water partition coefficient (Wildman–Crippen LogP) is 4.48. The minimum atomic E-state index is 0.524. The van der Waals surface area contributed by atoms with Gasteiger partial charge >= 0.3 is 0 Å². The molecule has 1 aromatic heterocycles. The van der Waals surface area contributed by atoms with Crippen LogP contribution in [0.15, 0.2) is 64.8 Å². The van der Waals surface area contributed by atoms with Gasteiger partial charge in [-0.15, -0.1) is 0 Å². The second kappa shape index (κ2) is 8.09. The number of nitrogen functional groups attached to an aromatic ring is 1. The molecule has 0 amide bonds. The van der Waals surface area contributed by atoms with E-state index < -0.39 is 0 Å². The lowest BCUT2D eigenvalue weighted by atomic mass is 10.2. The number of nitrogens with one attached hydrogen (secondary N) is 1.